The van der Waals surface area contributed by atoms with E-state index in [0.29, 0.717) is 17.7 Å². The summed E-state index contributed by atoms with van der Waals surface area (Å²) in [4.78, 5) is 24.1. The molecule has 3 aromatic rings. The van der Waals surface area contributed by atoms with E-state index in [9.17, 15) is 9.59 Å². The maximum Gasteiger partial charge on any atom is 0.271 e. The number of nitrogens with one attached hydrogen (secondary N) is 2. The first-order valence-electron chi connectivity index (χ1n) is 9.91. The maximum absolute atomic E-state index is 12.3. The summed E-state index contributed by atoms with van der Waals surface area (Å²) in [5, 5.41) is 8.88. The fraction of sp³-hybridized carbons (Fsp3) is 0.208. The van der Waals surface area contributed by atoms with Gasteiger partial charge in [0.2, 0.25) is 5.91 Å². The molecular formula is C24H25N3O3. The number of hydrogen-bond donors (Lipinski definition) is 2. The summed E-state index contributed by atoms with van der Waals surface area (Å²) in [5.41, 5.74) is 4.54. The summed E-state index contributed by atoms with van der Waals surface area (Å²) in [6.45, 7) is 2.04. The summed E-state index contributed by atoms with van der Waals surface area (Å²) < 4.78 is 5.40. The van der Waals surface area contributed by atoms with Crippen LogP contribution < -0.4 is 15.5 Å². The minimum atomic E-state index is -0.326. The van der Waals surface area contributed by atoms with E-state index < -0.39 is 0 Å². The Morgan fingerprint density at radius 1 is 1.00 bits per heavy atom. The fourth-order valence-electron chi connectivity index (χ4n) is 3.08. The Morgan fingerprint density at radius 2 is 1.73 bits per heavy atom. The highest BCUT2D eigenvalue weighted by atomic mass is 16.5. The van der Waals surface area contributed by atoms with Gasteiger partial charge in [-0.2, -0.15) is 5.10 Å². The summed E-state index contributed by atoms with van der Waals surface area (Å²) in [6.07, 6.45) is 3.93. The number of benzene rings is 3. The lowest BCUT2D eigenvalue weighted by molar-refractivity contribution is -0.116. The number of fused-ring (bicyclic) bond motifs is 1. The molecule has 0 saturated carbocycles. The Bertz CT molecular complexity index is 1060. The normalized spacial score (nSPS) is 10.9. The summed E-state index contributed by atoms with van der Waals surface area (Å²) in [6, 6.07) is 18.3. The highest BCUT2D eigenvalue weighted by Gasteiger charge is 2.07. The third kappa shape index (κ3) is 5.23. The lowest BCUT2D eigenvalue weighted by atomic mass is 10.0. The first-order valence-corrected chi connectivity index (χ1v) is 9.91. The second-order valence-electron chi connectivity index (χ2n) is 6.83. The largest absolute Gasteiger partial charge is 0.496 e. The van der Waals surface area contributed by atoms with Crippen molar-refractivity contribution in [3.05, 3.63) is 71.8 Å². The predicted octanol–water partition coefficient (Wildman–Crippen LogP) is 4.74. The molecule has 0 radical (unpaired) electrons. The van der Waals surface area contributed by atoms with Crippen LogP contribution in [0.4, 0.5) is 5.69 Å². The molecule has 6 heteroatoms. The number of hydrogen-bond acceptors (Lipinski definition) is 4. The van der Waals surface area contributed by atoms with Crippen LogP contribution in [0, 0.1) is 0 Å². The second kappa shape index (κ2) is 10.2. The fourth-order valence-corrected chi connectivity index (χ4v) is 3.08. The van der Waals surface area contributed by atoms with Crippen LogP contribution in [-0.4, -0.2) is 25.1 Å². The number of carbonyl (C=O) groups excluding carboxylic acids is 2. The minimum absolute atomic E-state index is 0.0228. The first kappa shape index (κ1) is 21.0. The molecule has 0 unspecified atom stereocenters. The monoisotopic (exact) mass is 403 g/mol. The number of unbranched alkanes of at least 4 members (excludes halogenated alkanes) is 1. The molecule has 0 atom stereocenters. The first-order chi connectivity index (χ1) is 14.6. The third-order valence-corrected chi connectivity index (χ3v) is 4.70. The number of methoxy groups -OCH3 is 1. The van der Waals surface area contributed by atoms with Crippen molar-refractivity contribution in [2.24, 2.45) is 5.10 Å². The van der Waals surface area contributed by atoms with Crippen LogP contribution in [0.25, 0.3) is 10.8 Å². The van der Waals surface area contributed by atoms with Gasteiger partial charge >= 0.3 is 0 Å². The van der Waals surface area contributed by atoms with Gasteiger partial charge in [0.25, 0.3) is 5.91 Å². The molecule has 0 aliphatic heterocycles. The van der Waals surface area contributed by atoms with Gasteiger partial charge in [-0.3, -0.25) is 9.59 Å². The van der Waals surface area contributed by atoms with Gasteiger partial charge in [-0.1, -0.05) is 37.6 Å². The Balaban J connectivity index is 1.64. The van der Waals surface area contributed by atoms with Crippen molar-refractivity contribution in [1.29, 1.82) is 0 Å². The Kier molecular flexibility index (Phi) is 7.16. The van der Waals surface area contributed by atoms with Crippen molar-refractivity contribution in [1.82, 2.24) is 5.43 Å². The van der Waals surface area contributed by atoms with Gasteiger partial charge in [0.15, 0.2) is 0 Å². The maximum atomic E-state index is 12.3. The zero-order valence-corrected chi connectivity index (χ0v) is 17.1. The average Bonchev–Trinajstić information content (AvgIpc) is 2.78. The standard InChI is InChI=1S/C24H25N3O3/c1-3-4-9-23(28)26-19-13-10-17(11-14-19)24(29)27-25-16-18-12-15-22(30-2)21-8-6-5-7-20(18)21/h5-8,10-16H,3-4,9H2,1-2H3,(H,26,28)(H,27,29). The lowest BCUT2D eigenvalue weighted by Gasteiger charge is -2.08. The van der Waals surface area contributed by atoms with Gasteiger partial charge in [0.1, 0.15) is 5.75 Å². The van der Waals surface area contributed by atoms with Crippen molar-refractivity contribution in [3.63, 3.8) is 0 Å². The molecule has 2 N–H and O–H groups in total. The molecule has 0 heterocycles. The van der Waals surface area contributed by atoms with E-state index in [1.807, 2.05) is 43.3 Å². The molecule has 154 valence electrons. The zero-order chi connectivity index (χ0) is 21.3. The molecule has 0 aliphatic rings. The molecule has 0 bridgehead atoms. The van der Waals surface area contributed by atoms with Gasteiger partial charge in [-0.15, -0.1) is 0 Å². The molecule has 3 rings (SSSR count). The summed E-state index contributed by atoms with van der Waals surface area (Å²) in [5.74, 6) is 0.437. The van der Waals surface area contributed by atoms with Crippen LogP contribution in [0.2, 0.25) is 0 Å². The Hall–Kier alpha value is -3.67. The molecule has 0 saturated heterocycles. The van der Waals surface area contributed by atoms with Gasteiger partial charge in [-0.05, 0) is 48.2 Å². The predicted molar refractivity (Wildman–Crippen MR) is 120 cm³/mol. The molecule has 0 aliphatic carbocycles. The van der Waals surface area contributed by atoms with E-state index in [0.717, 1.165) is 34.9 Å². The minimum Gasteiger partial charge on any atom is -0.496 e. The van der Waals surface area contributed by atoms with Gasteiger partial charge < -0.3 is 10.1 Å². The lowest BCUT2D eigenvalue weighted by Crippen LogP contribution is -2.17. The van der Waals surface area contributed by atoms with Crippen LogP contribution in [-0.2, 0) is 4.79 Å². The molecule has 0 aromatic heterocycles. The van der Waals surface area contributed by atoms with Crippen molar-refractivity contribution >= 4 is 34.5 Å². The van der Waals surface area contributed by atoms with Crippen molar-refractivity contribution in [3.8, 4) is 5.75 Å². The Labute approximate surface area is 175 Å². The van der Waals surface area contributed by atoms with Crippen molar-refractivity contribution in [2.45, 2.75) is 26.2 Å². The van der Waals surface area contributed by atoms with Crippen LogP contribution in [0.3, 0.4) is 0 Å². The topological polar surface area (TPSA) is 79.8 Å². The zero-order valence-electron chi connectivity index (χ0n) is 17.1. The van der Waals surface area contributed by atoms with E-state index in [1.54, 1.807) is 37.6 Å². The van der Waals surface area contributed by atoms with Crippen LogP contribution >= 0.6 is 0 Å². The average molecular weight is 403 g/mol. The van der Waals surface area contributed by atoms with Gasteiger partial charge in [0.05, 0.1) is 13.3 Å². The molecule has 30 heavy (non-hydrogen) atoms. The molecule has 6 nitrogen and oxygen atoms in total. The Morgan fingerprint density at radius 3 is 2.43 bits per heavy atom. The quantitative estimate of drug-likeness (QED) is 0.421. The number of carbonyl (C=O) groups is 2. The van der Waals surface area contributed by atoms with Crippen LogP contribution in [0.15, 0.2) is 65.8 Å². The van der Waals surface area contributed by atoms with Crippen LogP contribution in [0.5, 0.6) is 5.75 Å². The molecule has 2 amide bonds. The molecular weight excluding hydrogens is 378 g/mol. The van der Waals surface area contributed by atoms with E-state index in [4.69, 9.17) is 4.74 Å². The highest BCUT2D eigenvalue weighted by molar-refractivity contribution is 6.03. The van der Waals surface area contributed by atoms with E-state index >= 15 is 0 Å². The van der Waals surface area contributed by atoms with Crippen molar-refractivity contribution < 1.29 is 14.3 Å². The van der Waals surface area contributed by atoms with E-state index in [-0.39, 0.29) is 11.8 Å². The van der Waals surface area contributed by atoms with Gasteiger partial charge in [-0.25, -0.2) is 5.43 Å². The number of anilines is 1. The molecule has 3 aromatic carbocycles. The number of rotatable bonds is 8. The number of hydrazone groups is 1. The highest BCUT2D eigenvalue weighted by Crippen LogP contribution is 2.27. The number of ether oxygens (including phenoxy) is 1. The number of amides is 2. The third-order valence-electron chi connectivity index (χ3n) is 4.70. The SMILES string of the molecule is CCCCC(=O)Nc1ccc(C(=O)NN=Cc2ccc(OC)c3ccccc23)cc1. The van der Waals surface area contributed by atoms with Gasteiger partial charge in [0, 0.05) is 28.6 Å². The summed E-state index contributed by atoms with van der Waals surface area (Å²) >= 11 is 0. The molecule has 0 fully saturated rings. The molecule has 0 spiro atoms. The van der Waals surface area contributed by atoms with E-state index in [2.05, 4.69) is 15.8 Å². The van der Waals surface area contributed by atoms with Crippen molar-refractivity contribution in [2.75, 3.05) is 12.4 Å². The smallest absolute Gasteiger partial charge is 0.271 e. The number of nitrogens with zero attached hydrogens (tertiary/aromatic N) is 1. The summed E-state index contributed by atoms with van der Waals surface area (Å²) in [7, 11) is 1.64. The second-order valence-corrected chi connectivity index (χ2v) is 6.83. The van der Waals surface area contributed by atoms with E-state index in [1.165, 1.54) is 0 Å². The van der Waals surface area contributed by atoms with Crippen LogP contribution in [0.1, 0.15) is 42.1 Å².